The predicted molar refractivity (Wildman–Crippen MR) is 90.8 cm³/mol. The summed E-state index contributed by atoms with van der Waals surface area (Å²) >= 11 is 2.94. The molecule has 7 heteroatoms. The average Bonchev–Trinajstić information content (AvgIpc) is 2.85. The third-order valence-electron chi connectivity index (χ3n) is 2.95. The Morgan fingerprint density at radius 3 is 3.00 bits per heavy atom. The van der Waals surface area contributed by atoms with E-state index in [1.807, 2.05) is 26.0 Å². The summed E-state index contributed by atoms with van der Waals surface area (Å²) in [5.74, 6) is 0.870. The van der Waals surface area contributed by atoms with E-state index in [1.54, 1.807) is 6.07 Å². The Bertz CT molecular complexity index is 630. The highest BCUT2D eigenvalue weighted by Gasteiger charge is 2.16. The summed E-state index contributed by atoms with van der Waals surface area (Å²) in [4.78, 5) is 16.5. The van der Waals surface area contributed by atoms with Crippen LogP contribution in [0, 0.1) is 5.92 Å². The van der Waals surface area contributed by atoms with Gasteiger partial charge in [-0.1, -0.05) is 18.3 Å². The van der Waals surface area contributed by atoms with Crippen LogP contribution < -0.4 is 11.1 Å². The van der Waals surface area contributed by atoms with Crippen LogP contribution in [-0.4, -0.2) is 33.6 Å². The lowest BCUT2D eigenvalue weighted by molar-refractivity contribution is -0.115. The molecule has 2 rings (SSSR count). The van der Waals surface area contributed by atoms with E-state index < -0.39 is 0 Å². The van der Waals surface area contributed by atoms with Crippen molar-refractivity contribution in [2.75, 3.05) is 23.4 Å². The van der Waals surface area contributed by atoms with Gasteiger partial charge in [0.1, 0.15) is 0 Å². The highest BCUT2D eigenvalue weighted by Crippen LogP contribution is 2.28. The molecule has 2 unspecified atom stereocenters. The molecule has 0 fully saturated rings. The number of thioether (sulfide) groups is 1. The zero-order valence-corrected chi connectivity index (χ0v) is 13.6. The molecule has 0 saturated carbocycles. The summed E-state index contributed by atoms with van der Waals surface area (Å²) in [7, 11) is 0. The van der Waals surface area contributed by atoms with Crippen LogP contribution in [0.5, 0.6) is 0 Å². The number of carbonyl (C=O) groups excluding carboxylic acids is 1. The molecular weight excluding hydrogens is 306 g/mol. The summed E-state index contributed by atoms with van der Waals surface area (Å²) < 4.78 is 0.958. The topological polar surface area (TPSA) is 88.2 Å². The van der Waals surface area contributed by atoms with Gasteiger partial charge in [-0.3, -0.25) is 4.79 Å². The number of thiazole rings is 1. The summed E-state index contributed by atoms with van der Waals surface area (Å²) in [6, 6.07) is 5.49. The molecule has 0 aliphatic carbocycles. The second-order valence-corrected chi connectivity index (χ2v) is 7.40. The van der Waals surface area contributed by atoms with Gasteiger partial charge in [0, 0.05) is 12.3 Å². The number of anilines is 2. The number of rotatable bonds is 6. The third-order valence-corrected chi connectivity index (χ3v) is 5.36. The predicted octanol–water partition coefficient (Wildman–Crippen LogP) is 2.57. The monoisotopic (exact) mass is 325 g/mol. The first kappa shape index (κ1) is 16.1. The Morgan fingerprint density at radius 2 is 2.29 bits per heavy atom. The Balaban J connectivity index is 1.97. The van der Waals surface area contributed by atoms with Crippen molar-refractivity contribution in [2.24, 2.45) is 5.92 Å². The van der Waals surface area contributed by atoms with Gasteiger partial charge in [-0.05, 0) is 36.8 Å². The van der Waals surface area contributed by atoms with Gasteiger partial charge in [-0.15, -0.1) is 11.8 Å². The largest absolute Gasteiger partial charge is 0.399 e. The summed E-state index contributed by atoms with van der Waals surface area (Å²) in [5.41, 5.74) is 7.25. The summed E-state index contributed by atoms with van der Waals surface area (Å²) in [5, 5.41) is 12.2. The molecule has 0 aliphatic rings. The lowest BCUT2D eigenvalue weighted by Crippen LogP contribution is -2.23. The fourth-order valence-corrected chi connectivity index (χ4v) is 3.49. The molecule has 0 saturated heterocycles. The Labute approximate surface area is 131 Å². The normalized spacial score (nSPS) is 14.0. The molecule has 2 aromatic rings. The van der Waals surface area contributed by atoms with E-state index in [-0.39, 0.29) is 23.7 Å². The van der Waals surface area contributed by atoms with E-state index in [0.717, 1.165) is 16.0 Å². The molecule has 0 spiro atoms. The van der Waals surface area contributed by atoms with Crippen LogP contribution >= 0.6 is 23.1 Å². The SMILES string of the molecule is CC(CO)CSC(C)C(=O)Nc1nc2ccc(N)cc2s1. The number of aromatic nitrogens is 1. The molecule has 2 atom stereocenters. The van der Waals surface area contributed by atoms with Crippen LogP contribution in [0.4, 0.5) is 10.8 Å². The second kappa shape index (κ2) is 7.11. The Hall–Kier alpha value is -1.31. The molecule has 0 radical (unpaired) electrons. The molecule has 0 bridgehead atoms. The van der Waals surface area contributed by atoms with Crippen LogP contribution in [0.2, 0.25) is 0 Å². The standard InChI is InChI=1S/C14H19N3O2S2/c1-8(6-18)7-20-9(2)13(19)17-14-16-11-4-3-10(15)5-12(11)21-14/h3-5,8-9,18H,6-7,15H2,1-2H3,(H,16,17,19). The smallest absolute Gasteiger partial charge is 0.238 e. The minimum absolute atomic E-state index is 0.0721. The van der Waals surface area contributed by atoms with E-state index in [1.165, 1.54) is 23.1 Å². The molecule has 21 heavy (non-hydrogen) atoms. The van der Waals surface area contributed by atoms with Crippen LogP contribution in [0.1, 0.15) is 13.8 Å². The minimum Gasteiger partial charge on any atom is -0.399 e. The van der Waals surface area contributed by atoms with E-state index in [2.05, 4.69) is 10.3 Å². The highest BCUT2D eigenvalue weighted by atomic mass is 32.2. The van der Waals surface area contributed by atoms with Gasteiger partial charge in [0.25, 0.3) is 0 Å². The van der Waals surface area contributed by atoms with Gasteiger partial charge >= 0.3 is 0 Å². The van der Waals surface area contributed by atoms with Crippen molar-refractivity contribution in [2.45, 2.75) is 19.1 Å². The quantitative estimate of drug-likeness (QED) is 0.710. The Morgan fingerprint density at radius 1 is 1.52 bits per heavy atom. The van der Waals surface area contributed by atoms with Crippen LogP contribution in [0.15, 0.2) is 18.2 Å². The third kappa shape index (κ3) is 4.33. The van der Waals surface area contributed by atoms with Crippen LogP contribution in [0.25, 0.3) is 10.2 Å². The first-order valence-corrected chi connectivity index (χ1v) is 8.55. The molecule has 1 amide bonds. The van der Waals surface area contributed by atoms with Gasteiger partial charge in [-0.25, -0.2) is 4.98 Å². The fourth-order valence-electron chi connectivity index (χ4n) is 1.64. The zero-order chi connectivity index (χ0) is 15.4. The zero-order valence-electron chi connectivity index (χ0n) is 12.0. The van der Waals surface area contributed by atoms with Crippen molar-refractivity contribution in [1.82, 2.24) is 4.98 Å². The molecule has 114 valence electrons. The molecule has 0 aliphatic heterocycles. The molecule has 1 aromatic carbocycles. The van der Waals surface area contributed by atoms with E-state index >= 15 is 0 Å². The molecule has 1 aromatic heterocycles. The number of aliphatic hydroxyl groups is 1. The van der Waals surface area contributed by atoms with Gasteiger partial charge in [0.2, 0.25) is 5.91 Å². The van der Waals surface area contributed by atoms with Crippen molar-refractivity contribution in [3.63, 3.8) is 0 Å². The van der Waals surface area contributed by atoms with E-state index in [9.17, 15) is 4.79 Å². The number of hydrogen-bond acceptors (Lipinski definition) is 6. The maximum atomic E-state index is 12.1. The number of benzene rings is 1. The number of nitrogens with two attached hydrogens (primary N) is 1. The van der Waals surface area contributed by atoms with E-state index in [0.29, 0.717) is 10.8 Å². The average molecular weight is 325 g/mol. The highest BCUT2D eigenvalue weighted by molar-refractivity contribution is 8.00. The number of aliphatic hydroxyl groups excluding tert-OH is 1. The van der Waals surface area contributed by atoms with Crippen molar-refractivity contribution < 1.29 is 9.90 Å². The lowest BCUT2D eigenvalue weighted by atomic mass is 10.2. The lowest BCUT2D eigenvalue weighted by Gasteiger charge is -2.12. The number of carbonyl (C=O) groups is 1. The fraction of sp³-hybridized carbons (Fsp3) is 0.429. The number of nitrogens with one attached hydrogen (secondary N) is 1. The summed E-state index contributed by atoms with van der Waals surface area (Å²) in [6.45, 7) is 3.95. The van der Waals surface area contributed by atoms with E-state index in [4.69, 9.17) is 10.8 Å². The number of hydrogen-bond donors (Lipinski definition) is 3. The second-order valence-electron chi connectivity index (χ2n) is 5.00. The van der Waals surface area contributed by atoms with Crippen LogP contribution in [0.3, 0.4) is 0 Å². The number of amides is 1. The van der Waals surface area contributed by atoms with Crippen molar-refractivity contribution >= 4 is 50.0 Å². The van der Waals surface area contributed by atoms with Gasteiger partial charge in [0.15, 0.2) is 5.13 Å². The van der Waals surface area contributed by atoms with Gasteiger partial charge < -0.3 is 16.2 Å². The maximum absolute atomic E-state index is 12.1. The maximum Gasteiger partial charge on any atom is 0.238 e. The molecule has 5 nitrogen and oxygen atoms in total. The summed E-state index contributed by atoms with van der Waals surface area (Å²) in [6.07, 6.45) is 0. The van der Waals surface area contributed by atoms with Gasteiger partial charge in [-0.2, -0.15) is 0 Å². The number of nitrogen functional groups attached to an aromatic ring is 1. The first-order chi connectivity index (χ1) is 9.99. The van der Waals surface area contributed by atoms with Crippen molar-refractivity contribution in [1.29, 1.82) is 0 Å². The van der Waals surface area contributed by atoms with Crippen molar-refractivity contribution in [3.05, 3.63) is 18.2 Å². The molecular formula is C14H19N3O2S2. The number of nitrogens with zero attached hydrogens (tertiary/aromatic N) is 1. The van der Waals surface area contributed by atoms with Crippen molar-refractivity contribution in [3.8, 4) is 0 Å². The van der Waals surface area contributed by atoms with Crippen LogP contribution in [-0.2, 0) is 4.79 Å². The molecule has 1 heterocycles. The first-order valence-electron chi connectivity index (χ1n) is 6.69. The minimum atomic E-state index is -0.184. The Kier molecular flexibility index (Phi) is 5.44. The number of fused-ring (bicyclic) bond motifs is 1. The van der Waals surface area contributed by atoms with Gasteiger partial charge in [0.05, 0.1) is 15.5 Å². The molecule has 4 N–H and O–H groups in total.